The molecule has 28 heavy (non-hydrogen) atoms. The topological polar surface area (TPSA) is 84.5 Å². The lowest BCUT2D eigenvalue weighted by molar-refractivity contribution is -0.147. The van der Waals surface area contributed by atoms with Crippen LogP contribution in [0.15, 0.2) is 47.4 Å². The third kappa shape index (κ3) is 6.95. The summed E-state index contributed by atoms with van der Waals surface area (Å²) in [5.41, 5.74) is -0.112. The zero-order chi connectivity index (χ0) is 20.5. The molecule has 2 rings (SSSR count). The molecule has 0 radical (unpaired) electrons. The lowest BCUT2D eigenvalue weighted by atomic mass is 10.3. The summed E-state index contributed by atoms with van der Waals surface area (Å²) >= 11 is 1.11. The zero-order valence-corrected chi connectivity index (χ0v) is 15.2. The van der Waals surface area contributed by atoms with Gasteiger partial charge in [-0.3, -0.25) is 14.9 Å². The van der Waals surface area contributed by atoms with Crippen LogP contribution in [0.3, 0.4) is 0 Å². The van der Waals surface area contributed by atoms with Gasteiger partial charge in [-0.2, -0.15) is 0 Å². The number of benzene rings is 2. The predicted octanol–water partition coefficient (Wildman–Crippen LogP) is 3.48. The Labute approximate surface area is 162 Å². The van der Waals surface area contributed by atoms with Gasteiger partial charge in [0, 0.05) is 10.6 Å². The Balaban J connectivity index is 1.66. The van der Waals surface area contributed by atoms with E-state index in [9.17, 15) is 27.6 Å². The molecule has 0 saturated carbocycles. The second-order valence-corrected chi connectivity index (χ2v) is 6.49. The van der Waals surface area contributed by atoms with E-state index in [1.807, 2.05) is 5.32 Å². The highest BCUT2D eigenvalue weighted by atomic mass is 32.2. The molecule has 2 aromatic rings. The van der Waals surface area contributed by atoms with Crippen LogP contribution in [0.4, 0.5) is 23.7 Å². The largest absolute Gasteiger partial charge is 0.456 e. The van der Waals surface area contributed by atoms with Gasteiger partial charge in [0.25, 0.3) is 5.91 Å². The first-order valence-corrected chi connectivity index (χ1v) is 8.92. The number of halogens is 3. The van der Waals surface area contributed by atoms with Crippen molar-refractivity contribution < 1.29 is 32.3 Å². The van der Waals surface area contributed by atoms with Gasteiger partial charge in [-0.1, -0.05) is 12.1 Å². The average molecular weight is 412 g/mol. The second-order valence-electron chi connectivity index (χ2n) is 5.32. The first-order chi connectivity index (χ1) is 13.3. The van der Waals surface area contributed by atoms with Crippen molar-refractivity contribution in [2.75, 3.05) is 17.7 Å². The van der Waals surface area contributed by atoms with Crippen LogP contribution in [0, 0.1) is 17.5 Å². The van der Waals surface area contributed by atoms with E-state index in [0.29, 0.717) is 4.90 Å². The first kappa shape index (κ1) is 21.3. The minimum Gasteiger partial charge on any atom is -0.456 e. The van der Waals surface area contributed by atoms with Crippen LogP contribution in [0.2, 0.25) is 0 Å². The molecular formula is C18H15F3N2O4S. The van der Waals surface area contributed by atoms with Gasteiger partial charge in [0.1, 0.15) is 5.82 Å². The number of hydrogen-bond acceptors (Lipinski definition) is 5. The van der Waals surface area contributed by atoms with Crippen molar-refractivity contribution in [1.29, 1.82) is 0 Å². The number of nitrogens with one attached hydrogen (secondary N) is 2. The number of carbonyl (C=O) groups is 3. The van der Waals surface area contributed by atoms with Gasteiger partial charge in [-0.05, 0) is 30.3 Å². The molecule has 0 bridgehead atoms. The number of esters is 1. The van der Waals surface area contributed by atoms with Gasteiger partial charge in [-0.25, -0.2) is 18.0 Å². The summed E-state index contributed by atoms with van der Waals surface area (Å²) in [5.74, 6) is -4.00. The summed E-state index contributed by atoms with van der Waals surface area (Å²) in [4.78, 5) is 35.2. The normalized spacial score (nSPS) is 10.2. The SMILES string of the molecule is O=C(COC(=O)CCSc1ccc(F)c(F)c1)NC(=O)Nc1ccccc1F. The molecule has 0 unspecified atom stereocenters. The molecular weight excluding hydrogens is 397 g/mol. The third-order valence-corrected chi connectivity index (χ3v) is 4.20. The molecule has 0 atom stereocenters. The second kappa shape index (κ2) is 10.4. The number of anilines is 1. The third-order valence-electron chi connectivity index (χ3n) is 3.21. The molecule has 0 heterocycles. The summed E-state index contributed by atoms with van der Waals surface area (Å²) in [6, 6.07) is 7.77. The lowest BCUT2D eigenvalue weighted by Gasteiger charge is -2.08. The maximum atomic E-state index is 13.4. The van der Waals surface area contributed by atoms with Gasteiger partial charge in [0.15, 0.2) is 18.2 Å². The fraction of sp³-hybridized carbons (Fsp3) is 0.167. The number of ether oxygens (including phenoxy) is 1. The number of amides is 3. The summed E-state index contributed by atoms with van der Waals surface area (Å²) in [6.07, 6.45) is -0.0850. The number of hydrogen-bond donors (Lipinski definition) is 2. The number of para-hydroxylation sites is 1. The quantitative estimate of drug-likeness (QED) is 0.537. The van der Waals surface area contributed by atoms with Gasteiger partial charge < -0.3 is 10.1 Å². The Morgan fingerprint density at radius 3 is 2.43 bits per heavy atom. The summed E-state index contributed by atoms with van der Waals surface area (Å²) in [5, 5.41) is 4.03. The van der Waals surface area contributed by atoms with Crippen molar-refractivity contribution in [2.45, 2.75) is 11.3 Å². The van der Waals surface area contributed by atoms with Gasteiger partial charge >= 0.3 is 12.0 Å². The Bertz CT molecular complexity index is 880. The van der Waals surface area contributed by atoms with Crippen molar-refractivity contribution in [1.82, 2.24) is 5.32 Å². The minimum atomic E-state index is -0.988. The van der Waals surface area contributed by atoms with E-state index in [1.54, 1.807) is 0 Å². The Morgan fingerprint density at radius 1 is 0.964 bits per heavy atom. The smallest absolute Gasteiger partial charge is 0.326 e. The van der Waals surface area contributed by atoms with Crippen LogP contribution in [0.25, 0.3) is 0 Å². The maximum Gasteiger partial charge on any atom is 0.326 e. The van der Waals surface area contributed by atoms with Crippen molar-refractivity contribution in [3.63, 3.8) is 0 Å². The molecule has 0 fully saturated rings. The monoisotopic (exact) mass is 412 g/mol. The molecule has 0 aromatic heterocycles. The van der Waals surface area contributed by atoms with Crippen LogP contribution in [0.1, 0.15) is 6.42 Å². The number of rotatable bonds is 7. The highest BCUT2D eigenvalue weighted by Gasteiger charge is 2.13. The minimum absolute atomic E-state index is 0.0850. The highest BCUT2D eigenvalue weighted by Crippen LogP contribution is 2.21. The predicted molar refractivity (Wildman–Crippen MR) is 96.2 cm³/mol. The zero-order valence-electron chi connectivity index (χ0n) is 14.3. The van der Waals surface area contributed by atoms with E-state index >= 15 is 0 Å². The van der Waals surface area contributed by atoms with Gasteiger partial charge in [0.05, 0.1) is 12.1 Å². The van der Waals surface area contributed by atoms with Crippen LogP contribution in [0.5, 0.6) is 0 Å². The fourth-order valence-corrected chi connectivity index (χ4v) is 2.77. The molecule has 10 heteroatoms. The van der Waals surface area contributed by atoms with E-state index in [-0.39, 0.29) is 17.9 Å². The van der Waals surface area contributed by atoms with Gasteiger partial charge in [0.2, 0.25) is 0 Å². The summed E-state index contributed by atoms with van der Waals surface area (Å²) in [7, 11) is 0. The number of imide groups is 1. The molecule has 0 spiro atoms. The van der Waals surface area contributed by atoms with Gasteiger partial charge in [-0.15, -0.1) is 11.8 Å². The molecule has 0 aliphatic carbocycles. The van der Waals surface area contributed by atoms with Crippen molar-refractivity contribution in [3.05, 3.63) is 59.9 Å². The maximum absolute atomic E-state index is 13.4. The molecule has 6 nitrogen and oxygen atoms in total. The fourth-order valence-electron chi connectivity index (χ4n) is 1.92. The van der Waals surface area contributed by atoms with E-state index in [1.165, 1.54) is 24.3 Å². The van der Waals surface area contributed by atoms with E-state index in [4.69, 9.17) is 4.74 Å². The lowest BCUT2D eigenvalue weighted by Crippen LogP contribution is -2.37. The molecule has 0 aliphatic rings. The molecule has 0 aliphatic heterocycles. The Morgan fingerprint density at radius 2 is 1.71 bits per heavy atom. The van der Waals surface area contributed by atoms with Crippen LogP contribution >= 0.6 is 11.8 Å². The summed E-state index contributed by atoms with van der Waals surface area (Å²) in [6.45, 7) is -0.695. The van der Waals surface area contributed by atoms with Crippen molar-refractivity contribution in [2.24, 2.45) is 0 Å². The number of urea groups is 1. The first-order valence-electron chi connectivity index (χ1n) is 7.94. The molecule has 3 amide bonds. The van der Waals surface area contributed by atoms with Crippen LogP contribution < -0.4 is 10.6 Å². The summed E-state index contributed by atoms with van der Waals surface area (Å²) < 4.78 is 44.0. The van der Waals surface area contributed by atoms with Crippen LogP contribution in [-0.2, 0) is 14.3 Å². The average Bonchev–Trinajstić information content (AvgIpc) is 2.65. The molecule has 2 aromatic carbocycles. The molecule has 0 saturated heterocycles. The Kier molecular flexibility index (Phi) is 7.88. The standard InChI is InChI=1S/C18H15F3N2O4S/c19-12-6-5-11(9-14(12)21)28-8-7-17(25)27-10-16(24)23-18(26)22-15-4-2-1-3-13(15)20/h1-6,9H,7-8,10H2,(H2,22,23,24,26). The van der Waals surface area contributed by atoms with Crippen molar-refractivity contribution in [3.8, 4) is 0 Å². The highest BCUT2D eigenvalue weighted by molar-refractivity contribution is 7.99. The van der Waals surface area contributed by atoms with Crippen LogP contribution in [-0.4, -0.2) is 30.3 Å². The van der Waals surface area contributed by atoms with E-state index in [2.05, 4.69) is 5.32 Å². The molecule has 148 valence electrons. The van der Waals surface area contributed by atoms with E-state index < -0.39 is 42.0 Å². The Hall–Kier alpha value is -3.01. The van der Waals surface area contributed by atoms with E-state index in [0.717, 1.165) is 30.0 Å². The molecule has 2 N–H and O–H groups in total. The number of carbonyl (C=O) groups excluding carboxylic acids is 3. The van der Waals surface area contributed by atoms with Crippen molar-refractivity contribution >= 4 is 35.4 Å². The number of thioether (sulfide) groups is 1.